The van der Waals surface area contributed by atoms with Crippen molar-refractivity contribution in [3.8, 4) is 0 Å². The minimum Gasteiger partial charge on any atom is -0.342 e. The molecule has 1 aromatic carbocycles. The Balaban J connectivity index is 2.28. The Kier molecular flexibility index (Phi) is 4.48. The number of pyridine rings is 1. The minimum atomic E-state index is -0.693. The highest BCUT2D eigenvalue weighted by Gasteiger charge is 2.28. The van der Waals surface area contributed by atoms with E-state index in [9.17, 15) is 9.59 Å². The van der Waals surface area contributed by atoms with Crippen LogP contribution in [0, 0.1) is 0 Å². The van der Waals surface area contributed by atoms with E-state index in [1.165, 1.54) is 10.6 Å². The van der Waals surface area contributed by atoms with Crippen LogP contribution in [0.2, 0.25) is 0 Å². The van der Waals surface area contributed by atoms with Crippen molar-refractivity contribution in [2.75, 3.05) is 5.88 Å². The van der Waals surface area contributed by atoms with Crippen molar-refractivity contribution in [1.82, 2.24) is 9.88 Å². The zero-order chi connectivity index (χ0) is 15.5. The predicted octanol–water partition coefficient (Wildman–Crippen LogP) is 2.27. The molecule has 1 unspecified atom stereocenters. The van der Waals surface area contributed by atoms with E-state index >= 15 is 0 Å². The summed E-state index contributed by atoms with van der Waals surface area (Å²) in [5.41, 5.74) is 0.318. The van der Waals surface area contributed by atoms with Crippen molar-refractivity contribution in [2.45, 2.75) is 12.5 Å². The van der Waals surface area contributed by atoms with Gasteiger partial charge in [0.05, 0.1) is 5.54 Å². The van der Waals surface area contributed by atoms with Gasteiger partial charge in [-0.1, -0.05) is 30.3 Å². The van der Waals surface area contributed by atoms with Gasteiger partial charge in [0.1, 0.15) is 0 Å². The van der Waals surface area contributed by atoms with Gasteiger partial charge in [0.2, 0.25) is 0 Å². The summed E-state index contributed by atoms with van der Waals surface area (Å²) in [5.74, 6) is -0.0900. The number of carbonyl (C=O) groups is 1. The van der Waals surface area contributed by atoms with Gasteiger partial charge in [0, 0.05) is 30.8 Å². The lowest BCUT2D eigenvalue weighted by molar-refractivity contribution is 0.0913. The third-order valence-electron chi connectivity index (χ3n) is 3.43. The lowest BCUT2D eigenvalue weighted by atomic mass is 9.93. The summed E-state index contributed by atoms with van der Waals surface area (Å²) in [5, 5.41) is 2.90. The van der Waals surface area contributed by atoms with Gasteiger partial charge < -0.3 is 9.88 Å². The summed E-state index contributed by atoms with van der Waals surface area (Å²) in [7, 11) is 1.64. The minimum absolute atomic E-state index is 0.227. The summed E-state index contributed by atoms with van der Waals surface area (Å²) < 4.78 is 1.41. The van der Waals surface area contributed by atoms with Crippen LogP contribution in [0.3, 0.4) is 0 Å². The molecule has 0 radical (unpaired) electrons. The van der Waals surface area contributed by atoms with Crippen LogP contribution in [-0.2, 0) is 12.6 Å². The van der Waals surface area contributed by atoms with Crippen molar-refractivity contribution in [1.29, 1.82) is 0 Å². The highest BCUT2D eigenvalue weighted by molar-refractivity contribution is 6.19. The van der Waals surface area contributed by atoms with Crippen molar-refractivity contribution >= 4 is 17.5 Å². The van der Waals surface area contributed by atoms with E-state index in [2.05, 4.69) is 5.32 Å². The van der Waals surface area contributed by atoms with Crippen LogP contribution in [0.5, 0.6) is 0 Å². The molecule has 0 saturated carbocycles. The fourth-order valence-corrected chi connectivity index (χ4v) is 2.22. The normalized spacial score (nSPS) is 13.5. The first kappa shape index (κ1) is 15.3. The lowest BCUT2D eigenvalue weighted by Crippen LogP contribution is -2.45. The number of aromatic nitrogens is 1. The van der Waals surface area contributed by atoms with E-state index in [0.717, 1.165) is 5.56 Å². The number of halogens is 1. The molecule has 4 nitrogen and oxygen atoms in total. The second-order valence-corrected chi connectivity index (χ2v) is 5.42. The van der Waals surface area contributed by atoms with E-state index < -0.39 is 5.54 Å². The molecule has 0 bridgehead atoms. The second kappa shape index (κ2) is 6.14. The maximum Gasteiger partial charge on any atom is 0.252 e. The number of carbonyl (C=O) groups excluding carboxylic acids is 1. The van der Waals surface area contributed by atoms with Gasteiger partial charge >= 0.3 is 0 Å². The number of nitrogens with zero attached hydrogens (tertiary/aromatic N) is 1. The second-order valence-electron chi connectivity index (χ2n) is 5.15. The van der Waals surface area contributed by atoms with Crippen LogP contribution < -0.4 is 10.9 Å². The Morgan fingerprint density at radius 1 is 1.29 bits per heavy atom. The van der Waals surface area contributed by atoms with Gasteiger partial charge in [-0.3, -0.25) is 9.59 Å². The van der Waals surface area contributed by atoms with Crippen LogP contribution in [0.25, 0.3) is 0 Å². The molecule has 1 amide bonds. The standard InChI is InChI=1S/C16H17ClN2O2/c1-16(11-17,13-6-4-3-5-7-13)18-15(21)12-8-9-19(2)14(20)10-12/h3-10H,11H2,1-2H3,(H,18,21). The zero-order valence-electron chi connectivity index (χ0n) is 12.0. The van der Waals surface area contributed by atoms with E-state index in [-0.39, 0.29) is 17.3 Å². The van der Waals surface area contributed by atoms with Gasteiger partial charge in [0.25, 0.3) is 11.5 Å². The van der Waals surface area contributed by atoms with Gasteiger partial charge in [-0.2, -0.15) is 0 Å². The number of amides is 1. The number of hydrogen-bond acceptors (Lipinski definition) is 2. The van der Waals surface area contributed by atoms with Crippen molar-refractivity contribution < 1.29 is 4.79 Å². The maximum atomic E-state index is 12.3. The smallest absolute Gasteiger partial charge is 0.252 e. The molecule has 21 heavy (non-hydrogen) atoms. The van der Waals surface area contributed by atoms with E-state index in [1.54, 1.807) is 19.3 Å². The van der Waals surface area contributed by atoms with Gasteiger partial charge in [0.15, 0.2) is 0 Å². The molecular formula is C16H17ClN2O2. The summed E-state index contributed by atoms with van der Waals surface area (Å²) in [6, 6.07) is 12.4. The van der Waals surface area contributed by atoms with E-state index in [4.69, 9.17) is 11.6 Å². The highest BCUT2D eigenvalue weighted by atomic mass is 35.5. The average Bonchev–Trinajstić information content (AvgIpc) is 2.50. The molecule has 0 fully saturated rings. The van der Waals surface area contributed by atoms with Crippen molar-refractivity contribution in [3.05, 3.63) is 70.1 Å². The molecule has 0 aliphatic heterocycles. The number of aryl methyl sites for hydroxylation is 1. The average molecular weight is 305 g/mol. The van der Waals surface area contributed by atoms with Gasteiger partial charge in [-0.05, 0) is 18.6 Å². The van der Waals surface area contributed by atoms with Crippen LogP contribution in [0.15, 0.2) is 53.5 Å². The molecule has 1 N–H and O–H groups in total. The van der Waals surface area contributed by atoms with Crippen LogP contribution in [-0.4, -0.2) is 16.4 Å². The Labute approximate surface area is 128 Å². The molecule has 0 saturated heterocycles. The third-order valence-corrected chi connectivity index (χ3v) is 3.97. The van der Waals surface area contributed by atoms with Gasteiger partial charge in [-0.25, -0.2) is 0 Å². The first-order valence-electron chi connectivity index (χ1n) is 6.57. The Morgan fingerprint density at radius 2 is 1.95 bits per heavy atom. The Morgan fingerprint density at radius 3 is 2.52 bits per heavy atom. The Hall–Kier alpha value is -2.07. The third kappa shape index (κ3) is 3.34. The molecule has 110 valence electrons. The SMILES string of the molecule is Cn1ccc(C(=O)NC(C)(CCl)c2ccccc2)cc1=O. The summed E-state index contributed by atoms with van der Waals surface area (Å²) in [4.78, 5) is 23.9. The monoisotopic (exact) mass is 304 g/mol. The Bertz CT molecular complexity index is 697. The highest BCUT2D eigenvalue weighted by Crippen LogP contribution is 2.22. The molecule has 2 aromatic rings. The quantitative estimate of drug-likeness (QED) is 0.881. The van der Waals surface area contributed by atoms with E-state index in [0.29, 0.717) is 5.56 Å². The van der Waals surface area contributed by atoms with Crippen LogP contribution >= 0.6 is 11.6 Å². The van der Waals surface area contributed by atoms with Gasteiger partial charge in [-0.15, -0.1) is 11.6 Å². The molecule has 2 rings (SSSR count). The van der Waals surface area contributed by atoms with Crippen LogP contribution in [0.4, 0.5) is 0 Å². The van der Waals surface area contributed by atoms with Crippen molar-refractivity contribution in [2.24, 2.45) is 7.05 Å². The fourth-order valence-electron chi connectivity index (χ4n) is 2.00. The number of rotatable bonds is 4. The summed E-state index contributed by atoms with van der Waals surface area (Å²) in [6.45, 7) is 1.86. The fraction of sp³-hybridized carbons (Fsp3) is 0.250. The summed E-state index contributed by atoms with van der Waals surface area (Å²) in [6.07, 6.45) is 1.57. The molecule has 1 aromatic heterocycles. The lowest BCUT2D eigenvalue weighted by Gasteiger charge is -2.29. The number of hydrogen-bond donors (Lipinski definition) is 1. The molecule has 5 heteroatoms. The molecule has 0 spiro atoms. The predicted molar refractivity (Wildman–Crippen MR) is 83.7 cm³/mol. The largest absolute Gasteiger partial charge is 0.342 e. The van der Waals surface area contributed by atoms with Crippen LogP contribution in [0.1, 0.15) is 22.8 Å². The first-order chi connectivity index (χ1) is 9.96. The molecule has 0 aliphatic rings. The first-order valence-corrected chi connectivity index (χ1v) is 7.10. The molecular weight excluding hydrogens is 288 g/mol. The van der Waals surface area contributed by atoms with Crippen molar-refractivity contribution in [3.63, 3.8) is 0 Å². The number of benzene rings is 1. The zero-order valence-corrected chi connectivity index (χ0v) is 12.7. The number of nitrogens with one attached hydrogen (secondary N) is 1. The molecule has 1 atom stereocenters. The van der Waals surface area contributed by atoms with E-state index in [1.807, 2.05) is 37.3 Å². The molecule has 0 aliphatic carbocycles. The number of alkyl halides is 1. The molecule has 1 heterocycles. The topological polar surface area (TPSA) is 51.1 Å². The summed E-state index contributed by atoms with van der Waals surface area (Å²) >= 11 is 6.05. The maximum absolute atomic E-state index is 12.3.